The van der Waals surface area contributed by atoms with Gasteiger partial charge in [-0.3, -0.25) is 0 Å². The molecule has 0 saturated carbocycles. The molecule has 0 aliphatic rings. The van der Waals surface area contributed by atoms with Gasteiger partial charge in [0.05, 0.1) is 5.39 Å². The van der Waals surface area contributed by atoms with E-state index in [1.807, 2.05) is 0 Å². The zero-order chi connectivity index (χ0) is 9.42. The Morgan fingerprint density at radius 1 is 0.846 bits per heavy atom. The SMILES string of the molecule is Oc1cc(O)c2c(O)cccc2c1. The molecule has 3 N–H and O–H groups in total. The standard InChI is InChI=1S/C10H8O3/c11-7-4-6-2-1-3-8(12)10(6)9(13)5-7/h1-5,11-13H. The number of rotatable bonds is 0. The van der Waals surface area contributed by atoms with E-state index >= 15 is 0 Å². The summed E-state index contributed by atoms with van der Waals surface area (Å²) in [5.74, 6) is -0.126. The molecule has 0 aromatic heterocycles. The third kappa shape index (κ3) is 1.14. The second-order valence-corrected chi connectivity index (χ2v) is 2.84. The third-order valence-electron chi connectivity index (χ3n) is 1.92. The Kier molecular flexibility index (Phi) is 1.52. The maximum absolute atomic E-state index is 9.41. The molecular weight excluding hydrogens is 168 g/mol. The van der Waals surface area contributed by atoms with Crippen LogP contribution in [-0.4, -0.2) is 15.3 Å². The number of fused-ring (bicyclic) bond motifs is 1. The van der Waals surface area contributed by atoms with Crippen LogP contribution in [0.15, 0.2) is 30.3 Å². The van der Waals surface area contributed by atoms with Gasteiger partial charge in [0.15, 0.2) is 0 Å². The monoisotopic (exact) mass is 176 g/mol. The van der Waals surface area contributed by atoms with Crippen LogP contribution < -0.4 is 0 Å². The van der Waals surface area contributed by atoms with Gasteiger partial charge in [-0.1, -0.05) is 12.1 Å². The molecular formula is C10H8O3. The summed E-state index contributed by atoms with van der Waals surface area (Å²) in [4.78, 5) is 0. The van der Waals surface area contributed by atoms with Crippen LogP contribution in [0, 0.1) is 0 Å². The van der Waals surface area contributed by atoms with Crippen LogP contribution in [0.2, 0.25) is 0 Å². The first-order valence-corrected chi connectivity index (χ1v) is 3.82. The molecule has 3 nitrogen and oxygen atoms in total. The van der Waals surface area contributed by atoms with Crippen LogP contribution in [0.4, 0.5) is 0 Å². The highest BCUT2D eigenvalue weighted by atomic mass is 16.3. The molecule has 0 radical (unpaired) electrons. The van der Waals surface area contributed by atoms with Crippen molar-refractivity contribution in [2.75, 3.05) is 0 Å². The van der Waals surface area contributed by atoms with E-state index in [2.05, 4.69) is 0 Å². The van der Waals surface area contributed by atoms with E-state index in [9.17, 15) is 10.2 Å². The number of hydrogen-bond acceptors (Lipinski definition) is 3. The normalized spacial score (nSPS) is 10.5. The van der Waals surface area contributed by atoms with Gasteiger partial charge in [-0.05, 0) is 17.5 Å². The molecule has 0 fully saturated rings. The number of phenolic OH excluding ortho intramolecular Hbond substituents is 3. The molecule has 0 amide bonds. The van der Waals surface area contributed by atoms with E-state index in [0.29, 0.717) is 10.8 Å². The molecule has 0 bridgehead atoms. The molecule has 0 heterocycles. The van der Waals surface area contributed by atoms with Crippen LogP contribution in [0.5, 0.6) is 17.2 Å². The number of phenols is 3. The van der Waals surface area contributed by atoms with Crippen molar-refractivity contribution in [2.45, 2.75) is 0 Å². The predicted molar refractivity (Wildman–Crippen MR) is 48.9 cm³/mol. The van der Waals surface area contributed by atoms with Crippen molar-refractivity contribution in [1.82, 2.24) is 0 Å². The first-order valence-electron chi connectivity index (χ1n) is 3.82. The van der Waals surface area contributed by atoms with Gasteiger partial charge in [-0.2, -0.15) is 0 Å². The fourth-order valence-electron chi connectivity index (χ4n) is 1.37. The van der Waals surface area contributed by atoms with E-state index in [-0.39, 0.29) is 17.2 Å². The maximum Gasteiger partial charge on any atom is 0.130 e. The Morgan fingerprint density at radius 2 is 1.62 bits per heavy atom. The summed E-state index contributed by atoms with van der Waals surface area (Å²) in [7, 11) is 0. The van der Waals surface area contributed by atoms with Gasteiger partial charge in [0.1, 0.15) is 17.2 Å². The minimum Gasteiger partial charge on any atom is -0.508 e. The largest absolute Gasteiger partial charge is 0.508 e. The van der Waals surface area contributed by atoms with Crippen LogP contribution in [-0.2, 0) is 0 Å². The molecule has 3 heteroatoms. The van der Waals surface area contributed by atoms with E-state index in [4.69, 9.17) is 5.11 Å². The fourth-order valence-corrected chi connectivity index (χ4v) is 1.37. The van der Waals surface area contributed by atoms with Crippen molar-refractivity contribution in [3.63, 3.8) is 0 Å². The molecule has 0 spiro atoms. The van der Waals surface area contributed by atoms with Gasteiger partial charge in [0.25, 0.3) is 0 Å². The molecule has 13 heavy (non-hydrogen) atoms. The predicted octanol–water partition coefficient (Wildman–Crippen LogP) is 1.96. The molecule has 0 atom stereocenters. The van der Waals surface area contributed by atoms with Gasteiger partial charge in [-0.15, -0.1) is 0 Å². The van der Waals surface area contributed by atoms with E-state index in [1.54, 1.807) is 12.1 Å². The molecule has 0 aliphatic heterocycles. The topological polar surface area (TPSA) is 60.7 Å². The van der Waals surface area contributed by atoms with Gasteiger partial charge in [0, 0.05) is 6.07 Å². The first-order chi connectivity index (χ1) is 6.18. The highest BCUT2D eigenvalue weighted by molar-refractivity contribution is 5.94. The van der Waals surface area contributed by atoms with Crippen molar-refractivity contribution in [3.8, 4) is 17.2 Å². The smallest absolute Gasteiger partial charge is 0.130 e. The summed E-state index contributed by atoms with van der Waals surface area (Å²) in [5.41, 5.74) is 0. The Bertz CT molecular complexity index is 463. The lowest BCUT2D eigenvalue weighted by atomic mass is 10.1. The summed E-state index contributed by atoms with van der Waals surface area (Å²) in [5, 5.41) is 28.9. The Hall–Kier alpha value is -1.90. The average Bonchev–Trinajstić information content (AvgIpc) is 2.02. The first kappa shape index (κ1) is 7.73. The number of benzene rings is 2. The van der Waals surface area contributed by atoms with E-state index in [0.717, 1.165) is 0 Å². The molecule has 0 unspecified atom stereocenters. The van der Waals surface area contributed by atoms with E-state index in [1.165, 1.54) is 18.2 Å². The summed E-state index contributed by atoms with van der Waals surface area (Å²) in [6.07, 6.45) is 0. The van der Waals surface area contributed by atoms with Crippen molar-refractivity contribution in [1.29, 1.82) is 0 Å². The number of hydrogen-bond donors (Lipinski definition) is 3. The Labute approximate surface area is 74.5 Å². The van der Waals surface area contributed by atoms with Crippen LogP contribution in [0.25, 0.3) is 10.8 Å². The van der Waals surface area contributed by atoms with Crippen molar-refractivity contribution < 1.29 is 15.3 Å². The molecule has 66 valence electrons. The van der Waals surface area contributed by atoms with Gasteiger partial charge in [0.2, 0.25) is 0 Å². The lowest BCUT2D eigenvalue weighted by Gasteiger charge is -2.03. The van der Waals surface area contributed by atoms with Crippen molar-refractivity contribution in [3.05, 3.63) is 30.3 Å². The lowest BCUT2D eigenvalue weighted by molar-refractivity contribution is 0.449. The van der Waals surface area contributed by atoms with Crippen LogP contribution in [0.1, 0.15) is 0 Å². The lowest BCUT2D eigenvalue weighted by Crippen LogP contribution is -1.75. The Balaban J connectivity index is 2.94. The summed E-state index contributed by atoms with van der Waals surface area (Å²) < 4.78 is 0. The van der Waals surface area contributed by atoms with Crippen LogP contribution >= 0.6 is 0 Å². The zero-order valence-corrected chi connectivity index (χ0v) is 6.73. The second kappa shape index (κ2) is 2.55. The molecule has 2 rings (SSSR count). The quantitative estimate of drug-likeness (QED) is 0.575. The van der Waals surface area contributed by atoms with E-state index < -0.39 is 0 Å². The van der Waals surface area contributed by atoms with Gasteiger partial charge in [-0.25, -0.2) is 0 Å². The average molecular weight is 176 g/mol. The number of aromatic hydroxyl groups is 3. The minimum absolute atomic E-state index is 0.00926. The summed E-state index contributed by atoms with van der Waals surface area (Å²) >= 11 is 0. The fraction of sp³-hybridized carbons (Fsp3) is 0. The van der Waals surface area contributed by atoms with Gasteiger partial charge >= 0.3 is 0 Å². The Morgan fingerprint density at radius 3 is 2.38 bits per heavy atom. The zero-order valence-electron chi connectivity index (χ0n) is 6.73. The molecule has 0 aliphatic carbocycles. The molecule has 0 saturated heterocycles. The van der Waals surface area contributed by atoms with Crippen molar-refractivity contribution >= 4 is 10.8 Å². The highest BCUT2D eigenvalue weighted by Crippen LogP contribution is 2.35. The second-order valence-electron chi connectivity index (χ2n) is 2.84. The van der Waals surface area contributed by atoms with Gasteiger partial charge < -0.3 is 15.3 Å². The highest BCUT2D eigenvalue weighted by Gasteiger charge is 2.05. The summed E-state index contributed by atoms with van der Waals surface area (Å²) in [6.45, 7) is 0. The molecule has 2 aromatic rings. The maximum atomic E-state index is 9.41. The summed E-state index contributed by atoms with van der Waals surface area (Å²) in [6, 6.07) is 7.51. The van der Waals surface area contributed by atoms with Crippen LogP contribution in [0.3, 0.4) is 0 Å². The third-order valence-corrected chi connectivity index (χ3v) is 1.92. The minimum atomic E-state index is -0.117. The molecule has 2 aromatic carbocycles. The van der Waals surface area contributed by atoms with Crippen molar-refractivity contribution in [2.24, 2.45) is 0 Å².